The van der Waals surface area contributed by atoms with E-state index in [9.17, 15) is 0 Å². The molecule has 0 fully saturated rings. The molecule has 0 aromatic heterocycles. The van der Waals surface area contributed by atoms with Crippen LogP contribution in [0.3, 0.4) is 0 Å². The molecule has 0 amide bonds. The van der Waals surface area contributed by atoms with Crippen LogP contribution in [0.1, 0.15) is 0 Å². The van der Waals surface area contributed by atoms with Crippen LogP contribution in [0.2, 0.25) is 15.1 Å². The normalized spacial score (nSPS) is 10.2. The highest BCUT2D eigenvalue weighted by Crippen LogP contribution is 2.33. The first-order valence-electron chi connectivity index (χ1n) is 6.01. The molecule has 0 spiro atoms. The second kappa shape index (κ2) is 8.46. The Balaban J connectivity index is 2.10. The number of hydrogen-bond acceptors (Lipinski definition) is 2. The van der Waals surface area contributed by atoms with Crippen LogP contribution in [0.5, 0.6) is 17.2 Å². The number of benzene rings is 2. The molecule has 0 bridgehead atoms. The van der Waals surface area contributed by atoms with E-state index in [-0.39, 0.29) is 0 Å². The Bertz CT molecular complexity index is 681. The van der Waals surface area contributed by atoms with Crippen LogP contribution in [0.25, 0.3) is 0 Å². The molecule has 22 heavy (non-hydrogen) atoms. The lowest BCUT2D eigenvalue weighted by molar-refractivity contribution is 0.362. The fraction of sp³-hybridized carbons (Fsp3) is 0.0667. The lowest BCUT2D eigenvalue weighted by Crippen LogP contribution is -1.94. The fourth-order valence-corrected chi connectivity index (χ4v) is 2.58. The minimum Gasteiger partial charge on any atom is -0.488 e. The lowest BCUT2D eigenvalue weighted by atomic mass is 10.3. The predicted molar refractivity (Wildman–Crippen MR) is 99.4 cm³/mol. The number of ether oxygens (including phenoxy) is 2. The third kappa shape index (κ3) is 5.67. The minimum absolute atomic E-state index is 0.385. The quantitative estimate of drug-likeness (QED) is 0.436. The topological polar surface area (TPSA) is 18.5 Å². The fourth-order valence-electron chi connectivity index (χ4n) is 1.58. The van der Waals surface area contributed by atoms with Gasteiger partial charge in [-0.15, -0.1) is 0 Å². The standard InChI is InChI=1S/C15H9Br2Cl3O2/c16-15(17)3-4-21-14-2-1-11(8-13(14)20)22-12-6-9(18)5-10(19)7-12/h1-3,5-8H,4H2. The van der Waals surface area contributed by atoms with Crippen molar-refractivity contribution in [3.8, 4) is 17.2 Å². The third-order valence-electron chi connectivity index (χ3n) is 2.45. The van der Waals surface area contributed by atoms with Gasteiger partial charge in [-0.1, -0.05) is 34.8 Å². The van der Waals surface area contributed by atoms with Crippen molar-refractivity contribution in [3.63, 3.8) is 0 Å². The van der Waals surface area contributed by atoms with E-state index >= 15 is 0 Å². The summed E-state index contributed by atoms with van der Waals surface area (Å²) in [5.74, 6) is 1.66. The van der Waals surface area contributed by atoms with E-state index in [1.165, 1.54) is 0 Å². The summed E-state index contributed by atoms with van der Waals surface area (Å²) in [5.41, 5.74) is 0. The maximum Gasteiger partial charge on any atom is 0.138 e. The Kier molecular flexibility index (Phi) is 6.90. The molecule has 0 aliphatic rings. The molecule has 0 unspecified atom stereocenters. The zero-order valence-electron chi connectivity index (χ0n) is 11.0. The van der Waals surface area contributed by atoms with Crippen LogP contribution in [-0.4, -0.2) is 6.61 Å². The predicted octanol–water partition coefficient (Wildman–Crippen LogP) is 7.45. The molecule has 2 nitrogen and oxygen atoms in total. The van der Waals surface area contributed by atoms with Gasteiger partial charge < -0.3 is 9.47 Å². The summed E-state index contributed by atoms with van der Waals surface area (Å²) in [7, 11) is 0. The van der Waals surface area contributed by atoms with Gasteiger partial charge in [-0.2, -0.15) is 0 Å². The van der Waals surface area contributed by atoms with Crippen molar-refractivity contribution in [1.82, 2.24) is 0 Å². The Morgan fingerprint density at radius 3 is 2.23 bits per heavy atom. The van der Waals surface area contributed by atoms with E-state index in [1.54, 1.807) is 36.4 Å². The van der Waals surface area contributed by atoms with Crippen LogP contribution in [0.4, 0.5) is 0 Å². The van der Waals surface area contributed by atoms with E-state index in [2.05, 4.69) is 31.9 Å². The average Bonchev–Trinajstić information content (AvgIpc) is 2.39. The monoisotopic (exact) mass is 484 g/mol. The van der Waals surface area contributed by atoms with Crippen molar-refractivity contribution < 1.29 is 9.47 Å². The van der Waals surface area contributed by atoms with Crippen LogP contribution >= 0.6 is 66.7 Å². The van der Waals surface area contributed by atoms with E-state index in [1.807, 2.05) is 6.08 Å². The molecule has 0 N–H and O–H groups in total. The van der Waals surface area contributed by atoms with Crippen molar-refractivity contribution >= 4 is 66.7 Å². The molecule has 0 saturated carbocycles. The van der Waals surface area contributed by atoms with Gasteiger partial charge in [-0.3, -0.25) is 0 Å². The van der Waals surface area contributed by atoms with Crippen molar-refractivity contribution in [2.75, 3.05) is 6.61 Å². The zero-order chi connectivity index (χ0) is 16.1. The smallest absolute Gasteiger partial charge is 0.138 e. The Morgan fingerprint density at radius 2 is 1.64 bits per heavy atom. The van der Waals surface area contributed by atoms with Gasteiger partial charge in [-0.05, 0) is 68.3 Å². The molecule has 2 rings (SSSR count). The van der Waals surface area contributed by atoms with Gasteiger partial charge in [-0.25, -0.2) is 0 Å². The minimum atomic E-state index is 0.385. The van der Waals surface area contributed by atoms with Gasteiger partial charge in [0.1, 0.15) is 23.9 Å². The molecule has 2 aromatic rings. The van der Waals surface area contributed by atoms with Crippen LogP contribution in [-0.2, 0) is 0 Å². The molecule has 0 saturated heterocycles. The number of halogens is 5. The molecule has 0 aliphatic carbocycles. The molecular weight excluding hydrogens is 478 g/mol. The van der Waals surface area contributed by atoms with E-state index in [0.29, 0.717) is 38.9 Å². The second-order valence-corrected chi connectivity index (χ2v) is 8.16. The summed E-state index contributed by atoms with van der Waals surface area (Å²) >= 11 is 24.5. The average molecular weight is 487 g/mol. The van der Waals surface area contributed by atoms with E-state index < -0.39 is 0 Å². The van der Waals surface area contributed by atoms with Crippen molar-refractivity contribution in [3.05, 3.63) is 60.9 Å². The van der Waals surface area contributed by atoms with Crippen molar-refractivity contribution in [2.24, 2.45) is 0 Å². The molecule has 7 heteroatoms. The first-order valence-corrected chi connectivity index (χ1v) is 8.73. The van der Waals surface area contributed by atoms with Crippen LogP contribution < -0.4 is 9.47 Å². The first-order chi connectivity index (χ1) is 10.4. The summed E-state index contributed by atoms with van der Waals surface area (Å²) in [4.78, 5) is 0. The van der Waals surface area contributed by atoms with Crippen LogP contribution in [0, 0.1) is 0 Å². The van der Waals surface area contributed by atoms with Crippen molar-refractivity contribution in [2.45, 2.75) is 0 Å². The van der Waals surface area contributed by atoms with Crippen LogP contribution in [0.15, 0.2) is 45.9 Å². The third-order valence-corrected chi connectivity index (χ3v) is 3.83. The maximum atomic E-state index is 6.17. The van der Waals surface area contributed by atoms with Crippen molar-refractivity contribution in [1.29, 1.82) is 0 Å². The zero-order valence-corrected chi connectivity index (χ0v) is 16.4. The lowest BCUT2D eigenvalue weighted by Gasteiger charge is -2.10. The highest BCUT2D eigenvalue weighted by molar-refractivity contribution is 9.28. The number of rotatable bonds is 5. The molecule has 0 heterocycles. The van der Waals surface area contributed by atoms with Gasteiger partial charge in [0.25, 0.3) is 0 Å². The summed E-state index contributed by atoms with van der Waals surface area (Å²) in [6, 6.07) is 10.1. The molecule has 116 valence electrons. The Hall–Kier alpha value is -0.390. The van der Waals surface area contributed by atoms with E-state index in [4.69, 9.17) is 44.3 Å². The SMILES string of the molecule is Clc1cc(Cl)cc(Oc2ccc(OCC=C(Br)Br)c(Cl)c2)c1. The van der Waals surface area contributed by atoms with E-state index in [0.717, 1.165) is 3.39 Å². The summed E-state index contributed by atoms with van der Waals surface area (Å²) in [6.45, 7) is 0.385. The van der Waals surface area contributed by atoms with Gasteiger partial charge >= 0.3 is 0 Å². The highest BCUT2D eigenvalue weighted by atomic mass is 79.9. The van der Waals surface area contributed by atoms with Gasteiger partial charge in [0.05, 0.1) is 8.41 Å². The summed E-state index contributed by atoms with van der Waals surface area (Å²) in [5, 5.41) is 1.45. The molecule has 0 atom stereocenters. The molecular formula is C15H9Br2Cl3O2. The molecule has 0 aliphatic heterocycles. The number of hydrogen-bond donors (Lipinski definition) is 0. The first kappa shape index (κ1) is 18.0. The van der Waals surface area contributed by atoms with Gasteiger partial charge in [0.15, 0.2) is 0 Å². The summed E-state index contributed by atoms with van der Waals surface area (Å²) in [6.07, 6.45) is 1.81. The summed E-state index contributed by atoms with van der Waals surface area (Å²) < 4.78 is 12.0. The highest BCUT2D eigenvalue weighted by Gasteiger charge is 2.06. The van der Waals surface area contributed by atoms with Gasteiger partial charge in [0.2, 0.25) is 0 Å². The second-order valence-electron chi connectivity index (χ2n) is 4.10. The van der Waals surface area contributed by atoms with Gasteiger partial charge in [0, 0.05) is 16.1 Å². The molecule has 0 radical (unpaired) electrons. The largest absolute Gasteiger partial charge is 0.488 e. The molecule has 2 aromatic carbocycles. The maximum absolute atomic E-state index is 6.17. The Morgan fingerprint density at radius 1 is 0.955 bits per heavy atom. The Labute approximate surface area is 160 Å².